The number of oxazole rings is 1. The molecule has 1 aromatic carbocycles. The molecule has 3 N–H and O–H groups in total. The standard InChI is InChI=1S/C22H21N3O4S/c1-12-10-17(23-16(12)11-19-20(27)25-22(28)30-19)18(26)9-8-15-13(2)29-21(24-15)14-6-4-3-5-7-14/h3-7,10-11,18,23,26H,8-9H2,1-2H3,(H,25,27,28). The van der Waals surface area contributed by atoms with Crippen LogP contribution in [-0.2, 0) is 11.2 Å². The van der Waals surface area contributed by atoms with Crippen molar-refractivity contribution in [1.82, 2.24) is 15.3 Å². The predicted octanol–water partition coefficient (Wildman–Crippen LogP) is 4.28. The molecule has 8 heteroatoms. The summed E-state index contributed by atoms with van der Waals surface area (Å²) in [4.78, 5) is 31.1. The molecule has 1 fully saturated rings. The zero-order valence-corrected chi connectivity index (χ0v) is 17.4. The fourth-order valence-corrected chi connectivity index (χ4v) is 3.94. The first-order chi connectivity index (χ1) is 14.4. The topological polar surface area (TPSA) is 108 Å². The maximum atomic E-state index is 11.7. The van der Waals surface area contributed by atoms with Gasteiger partial charge in [-0.2, -0.15) is 0 Å². The van der Waals surface area contributed by atoms with Gasteiger partial charge in [0.2, 0.25) is 5.89 Å². The summed E-state index contributed by atoms with van der Waals surface area (Å²) in [6, 6.07) is 11.5. The Balaban J connectivity index is 1.45. The highest BCUT2D eigenvalue weighted by Gasteiger charge is 2.25. The first kappa shape index (κ1) is 20.2. The Kier molecular flexibility index (Phi) is 5.61. The molecule has 0 radical (unpaired) electrons. The first-order valence-corrected chi connectivity index (χ1v) is 10.4. The molecule has 3 heterocycles. The lowest BCUT2D eigenvalue weighted by Crippen LogP contribution is -2.17. The number of benzene rings is 1. The number of nitrogens with zero attached hydrogens (tertiary/aromatic N) is 1. The zero-order chi connectivity index (χ0) is 21.3. The third-order valence-electron chi connectivity index (χ3n) is 4.92. The van der Waals surface area contributed by atoms with Crippen LogP contribution in [0.4, 0.5) is 4.79 Å². The molecule has 0 aliphatic carbocycles. The number of nitrogens with one attached hydrogen (secondary N) is 2. The van der Waals surface area contributed by atoms with Gasteiger partial charge in [-0.25, -0.2) is 4.98 Å². The van der Waals surface area contributed by atoms with Gasteiger partial charge in [-0.15, -0.1) is 0 Å². The maximum Gasteiger partial charge on any atom is 0.290 e. The molecule has 1 atom stereocenters. The van der Waals surface area contributed by atoms with Crippen molar-refractivity contribution in [3.63, 3.8) is 0 Å². The molecule has 1 aliphatic heterocycles. The molecule has 0 spiro atoms. The van der Waals surface area contributed by atoms with Gasteiger partial charge in [0.15, 0.2) is 0 Å². The predicted molar refractivity (Wildman–Crippen MR) is 115 cm³/mol. The van der Waals surface area contributed by atoms with Crippen LogP contribution in [-0.4, -0.2) is 26.2 Å². The van der Waals surface area contributed by atoms with Crippen LogP contribution >= 0.6 is 11.8 Å². The second-order valence-corrected chi connectivity index (χ2v) is 8.13. The third-order valence-corrected chi connectivity index (χ3v) is 5.73. The molecular weight excluding hydrogens is 402 g/mol. The van der Waals surface area contributed by atoms with E-state index in [9.17, 15) is 14.7 Å². The molecule has 1 aliphatic rings. The van der Waals surface area contributed by atoms with Crippen LogP contribution in [0.2, 0.25) is 0 Å². The maximum absolute atomic E-state index is 11.7. The Morgan fingerprint density at radius 1 is 1.23 bits per heavy atom. The van der Waals surface area contributed by atoms with Gasteiger partial charge >= 0.3 is 0 Å². The normalized spacial score (nSPS) is 16.3. The van der Waals surface area contributed by atoms with Crippen molar-refractivity contribution in [3.8, 4) is 11.5 Å². The number of carbonyl (C=O) groups is 2. The van der Waals surface area contributed by atoms with Crippen LogP contribution in [0.15, 0.2) is 45.7 Å². The van der Waals surface area contributed by atoms with E-state index in [0.717, 1.165) is 34.3 Å². The van der Waals surface area contributed by atoms with Crippen molar-refractivity contribution in [2.75, 3.05) is 0 Å². The lowest BCUT2D eigenvalue weighted by Gasteiger charge is -2.07. The van der Waals surface area contributed by atoms with E-state index >= 15 is 0 Å². The SMILES string of the molecule is Cc1cc(C(O)CCc2nc(-c3ccccc3)oc2C)[nH]c1C=C1SC(=O)NC1=O. The third kappa shape index (κ3) is 4.24. The first-order valence-electron chi connectivity index (χ1n) is 9.55. The Hall–Kier alpha value is -3.10. The van der Waals surface area contributed by atoms with Crippen LogP contribution < -0.4 is 5.32 Å². The van der Waals surface area contributed by atoms with Gasteiger partial charge in [-0.1, -0.05) is 18.2 Å². The van der Waals surface area contributed by atoms with E-state index in [1.54, 1.807) is 6.08 Å². The number of carbonyl (C=O) groups excluding carboxylic acids is 2. The van der Waals surface area contributed by atoms with E-state index in [-0.39, 0.29) is 5.24 Å². The van der Waals surface area contributed by atoms with E-state index in [4.69, 9.17) is 4.42 Å². The number of rotatable bonds is 6. The highest BCUT2D eigenvalue weighted by Crippen LogP contribution is 2.29. The van der Waals surface area contributed by atoms with Crippen molar-refractivity contribution < 1.29 is 19.1 Å². The fourth-order valence-electron chi connectivity index (χ4n) is 3.28. The molecule has 0 bridgehead atoms. The fraction of sp³-hybridized carbons (Fsp3) is 0.227. The lowest BCUT2D eigenvalue weighted by molar-refractivity contribution is -0.115. The van der Waals surface area contributed by atoms with Crippen molar-refractivity contribution >= 4 is 29.0 Å². The number of aliphatic hydroxyl groups excluding tert-OH is 1. The van der Waals surface area contributed by atoms with Crippen molar-refractivity contribution in [3.05, 3.63) is 69.7 Å². The largest absolute Gasteiger partial charge is 0.441 e. The molecule has 0 saturated carbocycles. The quantitative estimate of drug-likeness (QED) is 0.511. The molecule has 154 valence electrons. The van der Waals surface area contributed by atoms with E-state index in [0.29, 0.717) is 35.0 Å². The minimum Gasteiger partial charge on any atom is -0.441 e. The van der Waals surface area contributed by atoms with E-state index in [2.05, 4.69) is 15.3 Å². The minimum atomic E-state index is -0.723. The Morgan fingerprint density at radius 3 is 2.70 bits per heavy atom. The van der Waals surface area contributed by atoms with E-state index in [1.807, 2.05) is 50.2 Å². The monoisotopic (exact) mass is 423 g/mol. The van der Waals surface area contributed by atoms with Crippen molar-refractivity contribution in [1.29, 1.82) is 0 Å². The Morgan fingerprint density at radius 2 is 2.00 bits per heavy atom. The second kappa shape index (κ2) is 8.33. The molecule has 1 unspecified atom stereocenters. The van der Waals surface area contributed by atoms with Gasteiger partial charge in [0.05, 0.1) is 16.7 Å². The van der Waals surface area contributed by atoms with E-state index < -0.39 is 12.0 Å². The molecule has 7 nitrogen and oxygen atoms in total. The number of amides is 2. The molecule has 2 aromatic heterocycles. The number of aryl methyl sites for hydroxylation is 3. The van der Waals surface area contributed by atoms with Crippen molar-refractivity contribution in [2.24, 2.45) is 0 Å². The summed E-state index contributed by atoms with van der Waals surface area (Å²) in [6.07, 6.45) is 1.93. The van der Waals surface area contributed by atoms with Gasteiger partial charge in [0.1, 0.15) is 5.76 Å². The molecular formula is C22H21N3O4S. The molecule has 1 saturated heterocycles. The summed E-state index contributed by atoms with van der Waals surface area (Å²) in [7, 11) is 0. The van der Waals surface area contributed by atoms with Crippen LogP contribution in [0.1, 0.15) is 40.9 Å². The summed E-state index contributed by atoms with van der Waals surface area (Å²) >= 11 is 0.865. The average molecular weight is 423 g/mol. The zero-order valence-electron chi connectivity index (χ0n) is 16.6. The molecule has 30 heavy (non-hydrogen) atoms. The second-order valence-electron chi connectivity index (χ2n) is 7.12. The minimum absolute atomic E-state index is 0.331. The Bertz CT molecular complexity index is 1130. The number of aliphatic hydroxyl groups is 1. The summed E-state index contributed by atoms with van der Waals surface area (Å²) < 4.78 is 5.78. The number of thioether (sulfide) groups is 1. The van der Waals surface area contributed by atoms with Gasteiger partial charge in [-0.3, -0.25) is 14.9 Å². The lowest BCUT2D eigenvalue weighted by atomic mass is 10.1. The number of H-pyrrole nitrogens is 1. The van der Waals surface area contributed by atoms with Crippen LogP contribution in [0.3, 0.4) is 0 Å². The van der Waals surface area contributed by atoms with Gasteiger partial charge in [0, 0.05) is 17.0 Å². The summed E-state index contributed by atoms with van der Waals surface area (Å²) in [5.41, 5.74) is 3.96. The highest BCUT2D eigenvalue weighted by molar-refractivity contribution is 8.18. The number of aromatic nitrogens is 2. The molecule has 4 rings (SSSR count). The number of aromatic amines is 1. The van der Waals surface area contributed by atoms with E-state index in [1.165, 1.54) is 0 Å². The number of hydrogen-bond acceptors (Lipinski definition) is 6. The summed E-state index contributed by atoms with van der Waals surface area (Å²) in [6.45, 7) is 3.75. The number of imide groups is 1. The Labute approximate surface area is 177 Å². The van der Waals surface area contributed by atoms with Gasteiger partial charge in [-0.05, 0) is 68.3 Å². The smallest absolute Gasteiger partial charge is 0.290 e. The van der Waals surface area contributed by atoms with Crippen LogP contribution in [0.5, 0.6) is 0 Å². The van der Waals surface area contributed by atoms with Gasteiger partial charge in [0.25, 0.3) is 11.1 Å². The van der Waals surface area contributed by atoms with Gasteiger partial charge < -0.3 is 14.5 Å². The van der Waals surface area contributed by atoms with Crippen LogP contribution in [0, 0.1) is 13.8 Å². The van der Waals surface area contributed by atoms with Crippen molar-refractivity contribution in [2.45, 2.75) is 32.8 Å². The average Bonchev–Trinajstić information content (AvgIpc) is 3.38. The van der Waals surface area contributed by atoms with Crippen LogP contribution in [0.25, 0.3) is 17.5 Å². The summed E-state index contributed by atoms with van der Waals surface area (Å²) in [5.74, 6) is 0.906. The highest BCUT2D eigenvalue weighted by atomic mass is 32.2. The number of hydrogen-bond donors (Lipinski definition) is 3. The molecule has 2 amide bonds. The molecule has 3 aromatic rings. The summed E-state index contributed by atoms with van der Waals surface area (Å²) in [5, 5.41) is 12.5.